The van der Waals surface area contributed by atoms with Crippen molar-refractivity contribution in [1.82, 2.24) is 43.7 Å². The van der Waals surface area contributed by atoms with Crippen LogP contribution in [0.25, 0.3) is 16.7 Å². The molecule has 2 N–H and O–H groups in total. The summed E-state index contributed by atoms with van der Waals surface area (Å²) >= 11 is 0. The second-order valence-electron chi connectivity index (χ2n) is 17.6. The number of imidazole rings is 1. The zero-order valence-electron chi connectivity index (χ0n) is 35.4. The molecule has 3 aliphatic heterocycles. The Bertz CT molecular complexity index is 2590. The number of hydrogen-bond donors (Lipinski definition) is 2. The molecule has 5 aromatic rings. The van der Waals surface area contributed by atoms with Crippen LogP contribution >= 0.6 is 0 Å². The number of carbonyl (C=O) groups is 3. The Hall–Kier alpha value is -5.79. The van der Waals surface area contributed by atoms with Crippen LogP contribution in [-0.4, -0.2) is 108 Å². The minimum absolute atomic E-state index is 0.0844. The molecule has 0 spiro atoms. The Labute approximate surface area is 360 Å². The molecule has 7 heterocycles. The second-order valence-corrected chi connectivity index (χ2v) is 17.6. The molecule has 2 unspecified atom stereocenters. The Morgan fingerprint density at radius 3 is 2.46 bits per heavy atom. The van der Waals surface area contributed by atoms with E-state index in [-0.39, 0.29) is 42.5 Å². The van der Waals surface area contributed by atoms with E-state index >= 15 is 8.78 Å². The number of para-hydroxylation sites is 1. The number of alkyl halides is 4. The first-order valence-electron chi connectivity index (χ1n) is 21.9. The number of benzene rings is 1. The standard InChI is InChI=1S/C43H52F4N12O4/c1-53(33-16-20-56(25-43(33,46)47)30-8-7-9-31-37(30)54(2)42(63)59(31)32-14-15-35(60)51-41(32)62)23-26-10-12-27(13-11-26)58-24-29(36(52-58)38(44)45)49-40(61)28-22-48-57-21-17-34(50-39(28)57)55-18-5-3-4-6-19-55/h7-9,17,21-22,24,26-27,32-33,38H,3-6,10-16,18-20,23,25H2,1-2H3,(H,49,61)(H,51,60,62). The first-order chi connectivity index (χ1) is 30.3. The summed E-state index contributed by atoms with van der Waals surface area (Å²) in [7, 11) is 3.27. The van der Waals surface area contributed by atoms with Gasteiger partial charge in [0.1, 0.15) is 17.4 Å². The van der Waals surface area contributed by atoms with Gasteiger partial charge in [-0.3, -0.25) is 38.4 Å². The van der Waals surface area contributed by atoms with Gasteiger partial charge < -0.3 is 15.1 Å². The number of nitrogens with zero attached hydrogens (tertiary/aromatic N) is 10. The lowest BCUT2D eigenvalue weighted by atomic mass is 9.85. The molecule has 3 saturated heterocycles. The Morgan fingerprint density at radius 1 is 0.984 bits per heavy atom. The summed E-state index contributed by atoms with van der Waals surface area (Å²) in [5, 5.41) is 13.4. The van der Waals surface area contributed by atoms with Gasteiger partial charge in [0.25, 0.3) is 18.3 Å². The third-order valence-corrected chi connectivity index (χ3v) is 13.5. The van der Waals surface area contributed by atoms with E-state index in [1.54, 1.807) is 48.3 Å². The van der Waals surface area contributed by atoms with Gasteiger partial charge in [-0.25, -0.2) is 31.9 Å². The maximum Gasteiger partial charge on any atom is 0.329 e. The maximum atomic E-state index is 16.2. The fourth-order valence-corrected chi connectivity index (χ4v) is 10.2. The Balaban J connectivity index is 0.827. The zero-order valence-corrected chi connectivity index (χ0v) is 35.4. The lowest BCUT2D eigenvalue weighted by Gasteiger charge is -2.44. The quantitative estimate of drug-likeness (QED) is 0.132. The van der Waals surface area contributed by atoms with Gasteiger partial charge in [0, 0.05) is 52.0 Å². The topological polar surface area (TPSA) is 160 Å². The highest BCUT2D eigenvalue weighted by molar-refractivity contribution is 6.08. The van der Waals surface area contributed by atoms with Gasteiger partial charge in [-0.1, -0.05) is 18.9 Å². The lowest BCUT2D eigenvalue weighted by Crippen LogP contribution is -2.58. The van der Waals surface area contributed by atoms with E-state index < -0.39 is 60.1 Å². The van der Waals surface area contributed by atoms with Gasteiger partial charge >= 0.3 is 5.69 Å². The van der Waals surface area contributed by atoms with E-state index in [0.29, 0.717) is 61.1 Å². The first-order valence-corrected chi connectivity index (χ1v) is 21.9. The van der Waals surface area contributed by atoms with Crippen molar-refractivity contribution in [3.8, 4) is 0 Å². The zero-order chi connectivity index (χ0) is 44.2. The van der Waals surface area contributed by atoms with Gasteiger partial charge in [-0.2, -0.15) is 10.2 Å². The van der Waals surface area contributed by atoms with Gasteiger partial charge in [0.05, 0.1) is 47.2 Å². The summed E-state index contributed by atoms with van der Waals surface area (Å²) in [6.07, 6.45) is 9.04. The van der Waals surface area contributed by atoms with E-state index in [9.17, 15) is 28.0 Å². The molecular formula is C43H52F4N12O4. The highest BCUT2D eigenvalue weighted by atomic mass is 19.3. The summed E-state index contributed by atoms with van der Waals surface area (Å²) in [5.41, 5.74) is 0.762. The number of nitrogens with one attached hydrogen (secondary N) is 2. The number of rotatable bonds is 10. The van der Waals surface area contributed by atoms with Crippen molar-refractivity contribution >= 4 is 51.6 Å². The molecule has 2 atom stereocenters. The third kappa shape index (κ3) is 8.17. The highest BCUT2D eigenvalue weighted by Crippen LogP contribution is 2.39. The van der Waals surface area contributed by atoms with Crippen LogP contribution in [0.15, 0.2) is 47.7 Å². The van der Waals surface area contributed by atoms with Crippen molar-refractivity contribution in [2.45, 2.75) is 101 Å². The molecule has 16 nitrogen and oxygen atoms in total. The number of halogens is 4. The summed E-state index contributed by atoms with van der Waals surface area (Å²) < 4.78 is 66.7. The van der Waals surface area contributed by atoms with Gasteiger partial charge in [0.2, 0.25) is 11.8 Å². The largest absolute Gasteiger partial charge is 0.364 e. The molecular weight excluding hydrogens is 825 g/mol. The Kier molecular flexibility index (Phi) is 11.5. The highest BCUT2D eigenvalue weighted by Gasteiger charge is 2.47. The van der Waals surface area contributed by atoms with Crippen molar-refractivity contribution in [2.24, 2.45) is 13.0 Å². The SMILES string of the molecule is CN(CC1CCC(n2cc(NC(=O)c3cnn4ccc(N5CCCCCC5)nc34)c(C(F)F)n2)CC1)C1CCN(c2cccc3c2n(C)c(=O)n3C2CCC(=O)NC2=O)CC1(F)F. The molecule has 1 aliphatic carbocycles. The molecule has 20 heteroatoms. The van der Waals surface area contributed by atoms with Crippen LogP contribution in [0.4, 0.5) is 34.8 Å². The number of amides is 3. The average Bonchev–Trinajstić information content (AvgIpc) is 3.87. The summed E-state index contributed by atoms with van der Waals surface area (Å²) in [5.74, 6) is -3.85. The van der Waals surface area contributed by atoms with Crippen LogP contribution in [0.2, 0.25) is 0 Å². The molecule has 1 aromatic carbocycles. The van der Waals surface area contributed by atoms with Crippen molar-refractivity contribution in [2.75, 3.05) is 54.9 Å². The number of fused-ring (bicyclic) bond motifs is 2. The predicted molar refractivity (Wildman–Crippen MR) is 227 cm³/mol. The minimum Gasteiger partial charge on any atom is -0.364 e. The van der Waals surface area contributed by atoms with Crippen LogP contribution < -0.4 is 26.1 Å². The third-order valence-electron chi connectivity index (χ3n) is 13.5. The molecule has 4 aliphatic rings. The van der Waals surface area contributed by atoms with Crippen molar-refractivity contribution in [3.63, 3.8) is 0 Å². The molecule has 336 valence electrons. The van der Waals surface area contributed by atoms with E-state index in [2.05, 4.69) is 25.7 Å². The number of aryl methyl sites for hydroxylation is 1. The monoisotopic (exact) mass is 876 g/mol. The molecule has 3 amide bonds. The lowest BCUT2D eigenvalue weighted by molar-refractivity contribution is -0.135. The number of piperidine rings is 2. The van der Waals surface area contributed by atoms with Crippen LogP contribution in [0.1, 0.15) is 105 Å². The number of carbonyl (C=O) groups excluding carboxylic acids is 3. The molecule has 63 heavy (non-hydrogen) atoms. The summed E-state index contributed by atoms with van der Waals surface area (Å²) in [6.45, 7) is 1.91. The average molecular weight is 877 g/mol. The molecule has 4 aromatic heterocycles. The fraction of sp³-hybridized carbons (Fsp3) is 0.558. The van der Waals surface area contributed by atoms with Gasteiger partial charge in [-0.05, 0) is 82.5 Å². The Morgan fingerprint density at radius 2 is 1.75 bits per heavy atom. The van der Waals surface area contributed by atoms with Crippen molar-refractivity contribution < 1.29 is 31.9 Å². The van der Waals surface area contributed by atoms with E-state index in [1.807, 2.05) is 6.07 Å². The second kappa shape index (κ2) is 17.1. The minimum atomic E-state index is -3.10. The van der Waals surface area contributed by atoms with Crippen LogP contribution in [0, 0.1) is 5.92 Å². The maximum absolute atomic E-state index is 16.2. The number of hydrogen-bond acceptors (Lipinski definition) is 10. The van der Waals surface area contributed by atoms with Gasteiger partial charge in [-0.15, -0.1) is 0 Å². The van der Waals surface area contributed by atoms with E-state index in [4.69, 9.17) is 4.98 Å². The van der Waals surface area contributed by atoms with Crippen LogP contribution in [0.3, 0.4) is 0 Å². The van der Waals surface area contributed by atoms with E-state index in [1.165, 1.54) is 30.7 Å². The van der Waals surface area contributed by atoms with E-state index in [0.717, 1.165) is 44.6 Å². The first kappa shape index (κ1) is 42.5. The molecule has 9 rings (SSSR count). The number of anilines is 3. The fourth-order valence-electron chi connectivity index (χ4n) is 10.2. The van der Waals surface area contributed by atoms with Crippen molar-refractivity contribution in [3.05, 3.63) is 64.6 Å². The van der Waals surface area contributed by atoms with Crippen LogP contribution in [0.5, 0.6) is 0 Å². The van der Waals surface area contributed by atoms with Gasteiger partial charge in [0.15, 0.2) is 11.3 Å². The smallest absolute Gasteiger partial charge is 0.329 e. The van der Waals surface area contributed by atoms with Crippen LogP contribution in [-0.2, 0) is 16.6 Å². The molecule has 0 bridgehead atoms. The molecule has 1 saturated carbocycles. The summed E-state index contributed by atoms with van der Waals surface area (Å²) in [4.78, 5) is 61.8. The predicted octanol–water partition coefficient (Wildman–Crippen LogP) is 5.70. The summed E-state index contributed by atoms with van der Waals surface area (Å²) in [6, 6.07) is 4.82. The number of aromatic nitrogens is 7. The van der Waals surface area contributed by atoms with Crippen molar-refractivity contribution in [1.29, 1.82) is 0 Å². The molecule has 4 fully saturated rings. The normalized spacial score (nSPS) is 23.5. The molecule has 0 radical (unpaired) electrons. The number of imide groups is 1.